The number of rotatable bonds is 1. The van der Waals surface area contributed by atoms with Gasteiger partial charge in [-0.15, -0.1) is 4.68 Å². The number of hydrogen-bond donors (Lipinski definition) is 1. The molecule has 0 atom stereocenters. The molecule has 0 amide bonds. The van der Waals surface area contributed by atoms with E-state index in [9.17, 15) is 4.79 Å². The highest BCUT2D eigenvalue weighted by atomic mass is 16.5. The minimum Gasteiger partial charge on any atom is -0.359 e. The molecule has 7 heteroatoms. The minimum absolute atomic E-state index is 0.372. The normalized spacial score (nSPS) is 10.6. The Bertz CT molecular complexity index is 479. The van der Waals surface area contributed by atoms with E-state index in [4.69, 9.17) is 4.52 Å². The molecule has 0 aliphatic carbocycles. The van der Waals surface area contributed by atoms with Gasteiger partial charge in [0.05, 0.1) is 0 Å². The third-order valence-electron chi connectivity index (χ3n) is 1.81. The van der Waals surface area contributed by atoms with E-state index in [1.54, 1.807) is 13.8 Å². The summed E-state index contributed by atoms with van der Waals surface area (Å²) in [7, 11) is 0. The SMILES string of the molecule is Cc1onc(-n2nn[nH]c2=O)c1C. The van der Waals surface area contributed by atoms with Crippen molar-refractivity contribution in [2.75, 3.05) is 0 Å². The fraction of sp³-hybridized carbons (Fsp3) is 0.333. The van der Waals surface area contributed by atoms with Crippen LogP contribution < -0.4 is 5.69 Å². The smallest absolute Gasteiger partial charge is 0.359 e. The fourth-order valence-electron chi connectivity index (χ4n) is 0.940. The van der Waals surface area contributed by atoms with Crippen LogP contribution >= 0.6 is 0 Å². The van der Waals surface area contributed by atoms with Crippen LogP contribution in [0.2, 0.25) is 0 Å². The number of aromatic amines is 1. The van der Waals surface area contributed by atoms with E-state index in [2.05, 4.69) is 20.7 Å². The molecule has 0 unspecified atom stereocenters. The first-order chi connectivity index (χ1) is 6.20. The van der Waals surface area contributed by atoms with Gasteiger partial charge in [-0.05, 0) is 24.3 Å². The highest BCUT2D eigenvalue weighted by molar-refractivity contribution is 5.31. The van der Waals surface area contributed by atoms with Gasteiger partial charge in [0.25, 0.3) is 0 Å². The van der Waals surface area contributed by atoms with Gasteiger partial charge in [-0.1, -0.05) is 5.16 Å². The number of H-pyrrole nitrogens is 1. The second-order valence-corrected chi connectivity index (χ2v) is 2.61. The fourth-order valence-corrected chi connectivity index (χ4v) is 0.940. The van der Waals surface area contributed by atoms with Crippen LogP contribution in [0, 0.1) is 13.8 Å². The van der Waals surface area contributed by atoms with Crippen LogP contribution in [0.5, 0.6) is 0 Å². The van der Waals surface area contributed by atoms with E-state index in [-0.39, 0.29) is 0 Å². The largest absolute Gasteiger partial charge is 0.367 e. The Kier molecular flexibility index (Phi) is 1.51. The molecule has 0 saturated carbocycles. The maximum Gasteiger partial charge on any atom is 0.367 e. The molecule has 68 valence electrons. The van der Waals surface area contributed by atoms with E-state index in [1.165, 1.54) is 0 Å². The number of tetrazole rings is 1. The second kappa shape index (κ2) is 2.54. The van der Waals surface area contributed by atoms with Crippen LogP contribution in [0.4, 0.5) is 0 Å². The van der Waals surface area contributed by atoms with Crippen molar-refractivity contribution in [1.82, 2.24) is 25.4 Å². The third-order valence-corrected chi connectivity index (χ3v) is 1.81. The predicted octanol–water partition coefficient (Wildman–Crippen LogP) is -0.440. The summed E-state index contributed by atoms with van der Waals surface area (Å²) in [6.45, 7) is 3.55. The van der Waals surface area contributed by atoms with Crippen molar-refractivity contribution in [2.24, 2.45) is 0 Å². The number of nitrogens with one attached hydrogen (secondary N) is 1. The van der Waals surface area contributed by atoms with Gasteiger partial charge in [0.15, 0.2) is 0 Å². The van der Waals surface area contributed by atoms with Crippen molar-refractivity contribution < 1.29 is 4.52 Å². The van der Waals surface area contributed by atoms with Crippen molar-refractivity contribution in [3.8, 4) is 5.82 Å². The lowest BCUT2D eigenvalue weighted by Crippen LogP contribution is -2.17. The molecule has 2 aromatic rings. The quantitative estimate of drug-likeness (QED) is 0.644. The van der Waals surface area contributed by atoms with Crippen LogP contribution in [-0.4, -0.2) is 25.4 Å². The molecular weight excluding hydrogens is 174 g/mol. The zero-order chi connectivity index (χ0) is 9.42. The highest BCUT2D eigenvalue weighted by Gasteiger charge is 2.13. The first-order valence-electron chi connectivity index (χ1n) is 3.64. The number of aryl methyl sites for hydroxylation is 1. The number of nitrogens with zero attached hydrogens (tertiary/aromatic N) is 4. The topological polar surface area (TPSA) is 89.6 Å². The van der Waals surface area contributed by atoms with Crippen LogP contribution in [-0.2, 0) is 0 Å². The average molecular weight is 181 g/mol. The Morgan fingerprint density at radius 3 is 2.69 bits per heavy atom. The van der Waals surface area contributed by atoms with Crippen LogP contribution in [0.3, 0.4) is 0 Å². The van der Waals surface area contributed by atoms with Crippen molar-refractivity contribution in [1.29, 1.82) is 0 Å². The van der Waals surface area contributed by atoms with Gasteiger partial charge in [-0.25, -0.2) is 9.89 Å². The Balaban J connectivity index is 2.66. The Hall–Kier alpha value is -1.92. The molecule has 13 heavy (non-hydrogen) atoms. The lowest BCUT2D eigenvalue weighted by atomic mass is 10.3. The molecule has 1 N–H and O–H groups in total. The van der Waals surface area contributed by atoms with E-state index in [0.29, 0.717) is 11.6 Å². The summed E-state index contributed by atoms with van der Waals surface area (Å²) in [4.78, 5) is 11.1. The standard InChI is InChI=1S/C6H7N5O2/c1-3-4(2)13-8-5(3)11-6(12)7-9-10-11/h1-2H3,(H,7,10,12). The molecule has 0 bridgehead atoms. The molecule has 7 nitrogen and oxygen atoms in total. The van der Waals surface area contributed by atoms with E-state index >= 15 is 0 Å². The molecular formula is C6H7N5O2. The molecule has 0 aliphatic heterocycles. The van der Waals surface area contributed by atoms with E-state index < -0.39 is 5.69 Å². The van der Waals surface area contributed by atoms with Crippen LogP contribution in [0.25, 0.3) is 5.82 Å². The third kappa shape index (κ3) is 1.05. The van der Waals surface area contributed by atoms with Crippen molar-refractivity contribution >= 4 is 0 Å². The Morgan fingerprint density at radius 1 is 1.46 bits per heavy atom. The predicted molar refractivity (Wildman–Crippen MR) is 41.5 cm³/mol. The molecule has 2 heterocycles. The van der Waals surface area contributed by atoms with Gasteiger partial charge in [-0.2, -0.15) is 0 Å². The molecule has 0 saturated heterocycles. The first-order valence-corrected chi connectivity index (χ1v) is 3.64. The molecule has 2 rings (SSSR count). The molecule has 0 radical (unpaired) electrons. The van der Waals surface area contributed by atoms with Gasteiger partial charge < -0.3 is 4.52 Å². The lowest BCUT2D eigenvalue weighted by molar-refractivity contribution is 0.392. The first kappa shape index (κ1) is 7.71. The second-order valence-electron chi connectivity index (χ2n) is 2.61. The molecule has 0 aliphatic rings. The van der Waals surface area contributed by atoms with Gasteiger partial charge in [0.2, 0.25) is 5.82 Å². The van der Waals surface area contributed by atoms with Gasteiger partial charge in [-0.3, -0.25) is 0 Å². The minimum atomic E-state index is -0.434. The van der Waals surface area contributed by atoms with Crippen LogP contribution in [0.15, 0.2) is 9.32 Å². The van der Waals surface area contributed by atoms with Crippen molar-refractivity contribution in [2.45, 2.75) is 13.8 Å². The summed E-state index contributed by atoms with van der Waals surface area (Å²) in [5.74, 6) is 1.03. The molecule has 0 spiro atoms. The zero-order valence-corrected chi connectivity index (χ0v) is 7.11. The summed E-state index contributed by atoms with van der Waals surface area (Å²) >= 11 is 0. The van der Waals surface area contributed by atoms with E-state index in [0.717, 1.165) is 10.2 Å². The Morgan fingerprint density at radius 2 is 2.23 bits per heavy atom. The molecule has 2 aromatic heterocycles. The summed E-state index contributed by atoms with van der Waals surface area (Å²) < 4.78 is 5.93. The number of aromatic nitrogens is 5. The Labute approximate surface area is 72.3 Å². The summed E-state index contributed by atoms with van der Waals surface area (Å²) in [5, 5.41) is 12.7. The molecule has 0 fully saturated rings. The van der Waals surface area contributed by atoms with Crippen LogP contribution in [0.1, 0.15) is 11.3 Å². The summed E-state index contributed by atoms with van der Waals surface area (Å²) in [5.41, 5.74) is 0.340. The highest BCUT2D eigenvalue weighted by Crippen LogP contribution is 2.12. The van der Waals surface area contributed by atoms with Gasteiger partial charge in [0.1, 0.15) is 5.76 Å². The van der Waals surface area contributed by atoms with Crippen molar-refractivity contribution in [3.63, 3.8) is 0 Å². The molecule has 0 aromatic carbocycles. The zero-order valence-electron chi connectivity index (χ0n) is 7.11. The maximum atomic E-state index is 11.1. The summed E-state index contributed by atoms with van der Waals surface area (Å²) in [6.07, 6.45) is 0. The average Bonchev–Trinajstić information content (AvgIpc) is 2.62. The monoisotopic (exact) mass is 181 g/mol. The lowest BCUT2D eigenvalue weighted by Gasteiger charge is -1.90. The van der Waals surface area contributed by atoms with Gasteiger partial charge in [0, 0.05) is 5.56 Å². The van der Waals surface area contributed by atoms with Crippen molar-refractivity contribution in [3.05, 3.63) is 21.8 Å². The van der Waals surface area contributed by atoms with Gasteiger partial charge >= 0.3 is 5.69 Å². The van der Waals surface area contributed by atoms with E-state index in [1.807, 2.05) is 0 Å². The summed E-state index contributed by atoms with van der Waals surface area (Å²) in [6, 6.07) is 0. The maximum absolute atomic E-state index is 11.1. The number of hydrogen-bond acceptors (Lipinski definition) is 5.